The molecule has 0 spiro atoms. The maximum Gasteiger partial charge on any atom is 0.253 e. The highest BCUT2D eigenvalue weighted by atomic mass is 19.2. The molecule has 0 radical (unpaired) electrons. The Kier molecular flexibility index (Phi) is 7.92. The lowest BCUT2D eigenvalue weighted by molar-refractivity contribution is 0.0643. The first kappa shape index (κ1) is 26.0. The number of rotatable bonds is 8. The molecule has 3 aromatic rings. The Bertz CT molecular complexity index is 1290. The normalized spacial score (nSPS) is 13.9. The third-order valence-corrected chi connectivity index (χ3v) is 6.27. The highest BCUT2D eigenvalue weighted by molar-refractivity contribution is 5.98. The van der Waals surface area contributed by atoms with E-state index in [2.05, 4.69) is 27.4 Å². The second-order valence-corrected chi connectivity index (χ2v) is 8.58. The Morgan fingerprint density at radius 2 is 1.68 bits per heavy atom. The SMILES string of the molecule is CCN1CCN(C(=O)c2ccc(Nc3cc(NCc4c(F)ccc(F)c4F)c(C(N)=O)cn3)cc2)CC1. The molecule has 4 rings (SSSR count). The predicted octanol–water partition coefficient (Wildman–Crippen LogP) is 3.73. The molecule has 0 atom stereocenters. The van der Waals surface area contributed by atoms with E-state index >= 15 is 0 Å². The van der Waals surface area contributed by atoms with Gasteiger partial charge in [-0.25, -0.2) is 18.2 Å². The van der Waals surface area contributed by atoms with E-state index < -0.39 is 35.5 Å². The minimum absolute atomic E-state index is 0.00751. The molecule has 2 aromatic carbocycles. The fourth-order valence-corrected chi connectivity index (χ4v) is 4.07. The molecule has 1 aliphatic rings. The second kappa shape index (κ2) is 11.3. The number of nitrogens with one attached hydrogen (secondary N) is 2. The Morgan fingerprint density at radius 1 is 1.00 bits per heavy atom. The fourth-order valence-electron chi connectivity index (χ4n) is 4.07. The molecular formula is C26H27F3N6O2. The largest absolute Gasteiger partial charge is 0.380 e. The molecule has 194 valence electrons. The van der Waals surface area contributed by atoms with Crippen LogP contribution in [0.25, 0.3) is 0 Å². The zero-order valence-electron chi connectivity index (χ0n) is 20.2. The number of halogens is 3. The maximum atomic E-state index is 14.0. The summed E-state index contributed by atoms with van der Waals surface area (Å²) in [5.74, 6) is -3.96. The number of hydrogen-bond acceptors (Lipinski definition) is 6. The van der Waals surface area contributed by atoms with Crippen molar-refractivity contribution in [3.05, 3.63) is 82.8 Å². The number of pyridine rings is 1. The van der Waals surface area contributed by atoms with Gasteiger partial charge in [0.05, 0.1) is 11.3 Å². The highest BCUT2D eigenvalue weighted by Crippen LogP contribution is 2.24. The van der Waals surface area contributed by atoms with E-state index in [9.17, 15) is 22.8 Å². The molecular weight excluding hydrogens is 485 g/mol. The summed E-state index contributed by atoms with van der Waals surface area (Å²) < 4.78 is 41.6. The third-order valence-electron chi connectivity index (χ3n) is 6.27. The van der Waals surface area contributed by atoms with E-state index in [1.165, 1.54) is 12.3 Å². The summed E-state index contributed by atoms with van der Waals surface area (Å²) >= 11 is 0. The van der Waals surface area contributed by atoms with Crippen molar-refractivity contribution in [2.45, 2.75) is 13.5 Å². The van der Waals surface area contributed by atoms with Crippen molar-refractivity contribution < 1.29 is 22.8 Å². The van der Waals surface area contributed by atoms with Crippen molar-refractivity contribution in [3.63, 3.8) is 0 Å². The van der Waals surface area contributed by atoms with Gasteiger partial charge in [0, 0.05) is 61.8 Å². The van der Waals surface area contributed by atoms with Crippen LogP contribution >= 0.6 is 0 Å². The number of nitrogens with two attached hydrogens (primary N) is 1. The number of amides is 2. The van der Waals surface area contributed by atoms with E-state index in [4.69, 9.17) is 5.73 Å². The van der Waals surface area contributed by atoms with Crippen molar-refractivity contribution in [1.29, 1.82) is 0 Å². The van der Waals surface area contributed by atoms with Crippen LogP contribution in [-0.4, -0.2) is 59.3 Å². The number of anilines is 3. The van der Waals surface area contributed by atoms with Crippen LogP contribution in [0, 0.1) is 17.5 Å². The molecule has 1 aromatic heterocycles. The number of primary amides is 1. The fraction of sp³-hybridized carbons (Fsp3) is 0.269. The van der Waals surface area contributed by atoms with Crippen LogP contribution in [0.4, 0.5) is 30.4 Å². The average molecular weight is 513 g/mol. The van der Waals surface area contributed by atoms with Crippen molar-refractivity contribution in [2.75, 3.05) is 43.4 Å². The van der Waals surface area contributed by atoms with Gasteiger partial charge in [0.2, 0.25) is 0 Å². The lowest BCUT2D eigenvalue weighted by atomic mass is 10.1. The first-order valence-electron chi connectivity index (χ1n) is 11.8. The van der Waals surface area contributed by atoms with Gasteiger partial charge < -0.3 is 26.2 Å². The van der Waals surface area contributed by atoms with Gasteiger partial charge in [0.1, 0.15) is 11.6 Å². The summed E-state index contributed by atoms with van der Waals surface area (Å²) in [5, 5.41) is 5.79. The van der Waals surface area contributed by atoms with Crippen molar-refractivity contribution in [1.82, 2.24) is 14.8 Å². The zero-order chi connectivity index (χ0) is 26.5. The second-order valence-electron chi connectivity index (χ2n) is 8.58. The van der Waals surface area contributed by atoms with Gasteiger partial charge in [0.25, 0.3) is 11.8 Å². The van der Waals surface area contributed by atoms with Gasteiger partial charge in [-0.1, -0.05) is 6.92 Å². The van der Waals surface area contributed by atoms with Gasteiger partial charge in [-0.2, -0.15) is 0 Å². The summed E-state index contributed by atoms with van der Waals surface area (Å²) in [7, 11) is 0. The summed E-state index contributed by atoms with van der Waals surface area (Å²) in [5.41, 5.74) is 6.23. The average Bonchev–Trinajstić information content (AvgIpc) is 2.91. The summed E-state index contributed by atoms with van der Waals surface area (Å²) in [6.45, 7) is 5.70. The smallest absolute Gasteiger partial charge is 0.253 e. The van der Waals surface area contributed by atoms with Crippen LogP contribution < -0.4 is 16.4 Å². The van der Waals surface area contributed by atoms with E-state index in [-0.39, 0.29) is 17.2 Å². The van der Waals surface area contributed by atoms with Crippen molar-refractivity contribution in [2.24, 2.45) is 5.73 Å². The van der Waals surface area contributed by atoms with Crippen LogP contribution in [-0.2, 0) is 6.54 Å². The van der Waals surface area contributed by atoms with Crippen LogP contribution in [0.15, 0.2) is 48.7 Å². The van der Waals surface area contributed by atoms with Gasteiger partial charge >= 0.3 is 0 Å². The topological polar surface area (TPSA) is 104 Å². The van der Waals surface area contributed by atoms with Crippen LogP contribution in [0.1, 0.15) is 33.2 Å². The van der Waals surface area contributed by atoms with E-state index in [1.54, 1.807) is 24.3 Å². The highest BCUT2D eigenvalue weighted by Gasteiger charge is 2.21. The maximum absolute atomic E-state index is 14.0. The van der Waals surface area contributed by atoms with Gasteiger partial charge in [0.15, 0.2) is 11.6 Å². The third kappa shape index (κ3) is 6.00. The van der Waals surface area contributed by atoms with E-state index in [1.807, 2.05) is 4.90 Å². The summed E-state index contributed by atoms with van der Waals surface area (Å²) in [6.07, 6.45) is 1.22. The number of likely N-dealkylation sites (N-methyl/N-ethyl adjacent to an activating group) is 1. The number of benzene rings is 2. The van der Waals surface area contributed by atoms with Crippen molar-refractivity contribution in [3.8, 4) is 0 Å². The Morgan fingerprint density at radius 3 is 2.32 bits per heavy atom. The Balaban J connectivity index is 1.46. The zero-order valence-corrected chi connectivity index (χ0v) is 20.2. The van der Waals surface area contributed by atoms with Gasteiger partial charge in [-0.15, -0.1) is 0 Å². The molecule has 4 N–H and O–H groups in total. The number of hydrogen-bond donors (Lipinski definition) is 3. The molecule has 37 heavy (non-hydrogen) atoms. The summed E-state index contributed by atoms with van der Waals surface area (Å²) in [6, 6.07) is 9.84. The monoisotopic (exact) mass is 512 g/mol. The van der Waals surface area contributed by atoms with Crippen LogP contribution in [0.2, 0.25) is 0 Å². The predicted molar refractivity (Wildman–Crippen MR) is 134 cm³/mol. The molecule has 0 saturated carbocycles. The van der Waals surface area contributed by atoms with Crippen molar-refractivity contribution >= 4 is 29.0 Å². The molecule has 11 heteroatoms. The van der Waals surface area contributed by atoms with Gasteiger partial charge in [-0.05, 0) is 42.9 Å². The minimum Gasteiger partial charge on any atom is -0.380 e. The number of nitrogens with zero attached hydrogens (tertiary/aromatic N) is 3. The number of carbonyl (C=O) groups is 2. The molecule has 1 aliphatic heterocycles. The molecule has 0 aliphatic carbocycles. The minimum atomic E-state index is -1.32. The van der Waals surface area contributed by atoms with Crippen LogP contribution in [0.5, 0.6) is 0 Å². The molecule has 0 bridgehead atoms. The Labute approximate surface area is 212 Å². The molecule has 2 heterocycles. The standard InChI is InChI=1S/C26H27F3N6O2/c1-2-34-9-11-35(12-10-34)26(37)16-3-5-17(6-4-16)33-23-13-22(19(15-32-23)25(30)36)31-14-18-20(27)7-8-21(28)24(18)29/h3-8,13,15H,2,9-12,14H2,1H3,(H2,30,36)(H2,31,32,33). The lowest BCUT2D eigenvalue weighted by Crippen LogP contribution is -2.48. The van der Waals surface area contributed by atoms with E-state index in [0.29, 0.717) is 36.2 Å². The Hall–Kier alpha value is -4.12. The first-order valence-corrected chi connectivity index (χ1v) is 11.8. The quantitative estimate of drug-likeness (QED) is 0.398. The number of aromatic nitrogens is 1. The van der Waals surface area contributed by atoms with E-state index in [0.717, 1.165) is 25.7 Å². The van der Waals surface area contributed by atoms with Crippen LogP contribution in [0.3, 0.4) is 0 Å². The molecule has 8 nitrogen and oxygen atoms in total. The molecule has 2 amide bonds. The number of carbonyl (C=O) groups excluding carboxylic acids is 2. The molecule has 1 saturated heterocycles. The van der Waals surface area contributed by atoms with Gasteiger partial charge in [-0.3, -0.25) is 9.59 Å². The lowest BCUT2D eigenvalue weighted by Gasteiger charge is -2.34. The number of piperazine rings is 1. The molecule has 1 fully saturated rings. The molecule has 0 unspecified atom stereocenters. The summed E-state index contributed by atoms with van der Waals surface area (Å²) in [4.78, 5) is 32.9. The first-order chi connectivity index (χ1) is 17.8.